The van der Waals surface area contributed by atoms with E-state index in [4.69, 9.17) is 4.74 Å². The van der Waals surface area contributed by atoms with Gasteiger partial charge in [-0.25, -0.2) is 0 Å². The van der Waals surface area contributed by atoms with E-state index in [9.17, 15) is 8.78 Å². The number of hydrogen-bond donors (Lipinski definition) is 0. The molecule has 1 aliphatic carbocycles. The molecule has 0 bridgehead atoms. The molecule has 2 aromatic rings. The predicted octanol–water partition coefficient (Wildman–Crippen LogP) is 7.57. The Labute approximate surface area is 179 Å². The Hall–Kier alpha value is -2.26. The Morgan fingerprint density at radius 2 is 1.47 bits per heavy atom. The van der Waals surface area contributed by atoms with Crippen molar-refractivity contribution in [2.75, 3.05) is 6.61 Å². The Kier molecular flexibility index (Phi) is 7.98. The van der Waals surface area contributed by atoms with E-state index in [0.29, 0.717) is 18.3 Å². The molecule has 2 aromatic carbocycles. The molecule has 1 fully saturated rings. The number of halogens is 2. The van der Waals surface area contributed by atoms with E-state index in [1.165, 1.54) is 17.7 Å². The topological polar surface area (TPSA) is 9.23 Å². The quantitative estimate of drug-likeness (QED) is 0.367. The molecule has 0 heterocycles. The van der Waals surface area contributed by atoms with E-state index in [0.717, 1.165) is 49.7 Å². The molecule has 160 valence electrons. The molecule has 1 aliphatic rings. The highest BCUT2D eigenvalue weighted by atomic mass is 19.3. The van der Waals surface area contributed by atoms with Crippen LogP contribution in [0.5, 0.6) is 0 Å². The van der Waals surface area contributed by atoms with Gasteiger partial charge in [-0.2, -0.15) is 8.78 Å². The molecule has 0 aliphatic heterocycles. The fraction of sp³-hybridized carbons (Fsp3) is 0.407. The van der Waals surface area contributed by atoms with E-state index in [2.05, 4.69) is 13.2 Å². The minimum absolute atomic E-state index is 0.0215. The van der Waals surface area contributed by atoms with E-state index in [-0.39, 0.29) is 12.2 Å². The second-order valence-corrected chi connectivity index (χ2v) is 8.23. The number of aryl methyl sites for hydroxylation is 1. The van der Waals surface area contributed by atoms with Gasteiger partial charge in [0.15, 0.2) is 0 Å². The van der Waals surface area contributed by atoms with Crippen LogP contribution in [0.3, 0.4) is 0 Å². The van der Waals surface area contributed by atoms with Crippen molar-refractivity contribution in [1.29, 1.82) is 0 Å². The van der Waals surface area contributed by atoms with Crippen LogP contribution in [0.4, 0.5) is 8.78 Å². The summed E-state index contributed by atoms with van der Waals surface area (Å²) in [6.07, 6.45) is 7.44. The van der Waals surface area contributed by atoms with E-state index in [1.807, 2.05) is 48.6 Å². The Morgan fingerprint density at radius 3 is 2.03 bits per heavy atom. The van der Waals surface area contributed by atoms with Gasteiger partial charge in [0.05, 0.1) is 12.2 Å². The average Bonchev–Trinajstić information content (AvgIpc) is 2.78. The van der Waals surface area contributed by atoms with Crippen LogP contribution >= 0.6 is 0 Å². The second kappa shape index (κ2) is 10.7. The number of allylic oxidation sites excluding steroid dienone is 2. The van der Waals surface area contributed by atoms with E-state index >= 15 is 0 Å². The smallest absolute Gasteiger partial charge is 0.316 e. The van der Waals surface area contributed by atoms with Crippen molar-refractivity contribution in [3.8, 4) is 0 Å². The van der Waals surface area contributed by atoms with Gasteiger partial charge in [0.1, 0.15) is 0 Å². The van der Waals surface area contributed by atoms with Gasteiger partial charge < -0.3 is 4.74 Å². The number of rotatable bonds is 10. The highest BCUT2D eigenvalue weighted by Gasteiger charge is 2.33. The Bertz CT molecular complexity index is 800. The van der Waals surface area contributed by atoms with Gasteiger partial charge in [-0.3, -0.25) is 0 Å². The number of benzene rings is 2. The second-order valence-electron chi connectivity index (χ2n) is 8.23. The van der Waals surface area contributed by atoms with E-state index < -0.39 is 6.11 Å². The monoisotopic (exact) mass is 410 g/mol. The summed E-state index contributed by atoms with van der Waals surface area (Å²) in [5.74, 6) is 1.06. The normalized spacial score (nSPS) is 19.4. The van der Waals surface area contributed by atoms with Gasteiger partial charge in [-0.15, -0.1) is 13.2 Å². The maximum Gasteiger partial charge on any atom is 0.383 e. The first-order valence-corrected chi connectivity index (χ1v) is 11.0. The van der Waals surface area contributed by atoms with Crippen molar-refractivity contribution >= 4 is 0 Å². The van der Waals surface area contributed by atoms with Crippen LogP contribution < -0.4 is 0 Å². The molecule has 0 saturated heterocycles. The summed E-state index contributed by atoms with van der Waals surface area (Å²) in [6.45, 7) is 7.58. The number of ether oxygens (including phenoxy) is 1. The minimum atomic E-state index is -3.27. The fourth-order valence-electron chi connectivity index (χ4n) is 4.16. The standard InChI is InChI=1S/C27H32F2O/c1-3-5-6-22-7-9-23(10-8-22)19-20-30-27(28,29)26-17-15-25(16-18-26)24-13-11-21(4-2)12-14-24/h3-4,7-10,15-18,21,24H,1-2,5-6,11-14,19-20H2/t21-,24-. The summed E-state index contributed by atoms with van der Waals surface area (Å²) in [7, 11) is 0. The molecule has 1 nitrogen and oxygen atoms in total. The molecule has 30 heavy (non-hydrogen) atoms. The van der Waals surface area contributed by atoms with E-state index in [1.54, 1.807) is 0 Å². The highest BCUT2D eigenvalue weighted by Crippen LogP contribution is 2.37. The molecule has 0 atom stereocenters. The van der Waals surface area contributed by atoms with Gasteiger partial charge >= 0.3 is 6.11 Å². The zero-order valence-corrected chi connectivity index (χ0v) is 17.7. The molecule has 0 N–H and O–H groups in total. The third-order valence-corrected chi connectivity index (χ3v) is 6.16. The largest absolute Gasteiger partial charge is 0.383 e. The predicted molar refractivity (Wildman–Crippen MR) is 120 cm³/mol. The van der Waals surface area contributed by atoms with Gasteiger partial charge in [0, 0.05) is 0 Å². The lowest BCUT2D eigenvalue weighted by Crippen LogP contribution is -2.20. The SMILES string of the molecule is C=CCCc1ccc(CCOC(F)(F)c2ccc([C@H]3CC[C@H](C=C)CC3)cc2)cc1. The van der Waals surface area contributed by atoms with Gasteiger partial charge in [-0.1, -0.05) is 60.7 Å². The first-order valence-electron chi connectivity index (χ1n) is 11.0. The lowest BCUT2D eigenvalue weighted by molar-refractivity contribution is -0.248. The van der Waals surface area contributed by atoms with Gasteiger partial charge in [0.25, 0.3) is 0 Å². The van der Waals surface area contributed by atoms with Crippen LogP contribution in [-0.4, -0.2) is 6.61 Å². The van der Waals surface area contributed by atoms with Crippen LogP contribution in [0.15, 0.2) is 73.8 Å². The highest BCUT2D eigenvalue weighted by molar-refractivity contribution is 5.28. The molecule has 0 spiro atoms. The van der Waals surface area contributed by atoms with Crippen LogP contribution in [0, 0.1) is 5.92 Å². The molecule has 1 saturated carbocycles. The summed E-state index contributed by atoms with van der Waals surface area (Å²) >= 11 is 0. The minimum Gasteiger partial charge on any atom is -0.316 e. The lowest BCUT2D eigenvalue weighted by atomic mass is 9.79. The Balaban J connectivity index is 1.50. The zero-order valence-electron chi connectivity index (χ0n) is 17.7. The number of alkyl halides is 2. The van der Waals surface area contributed by atoms with Gasteiger partial charge in [-0.05, 0) is 73.5 Å². The summed E-state index contributed by atoms with van der Waals surface area (Å²) in [5, 5.41) is 0. The molecule has 3 heteroatoms. The lowest BCUT2D eigenvalue weighted by Gasteiger charge is -2.27. The first kappa shape index (κ1) is 22.4. The third-order valence-electron chi connectivity index (χ3n) is 6.16. The summed E-state index contributed by atoms with van der Waals surface area (Å²) < 4.78 is 34.0. The van der Waals surface area contributed by atoms with Crippen molar-refractivity contribution in [3.63, 3.8) is 0 Å². The van der Waals surface area contributed by atoms with Crippen molar-refractivity contribution in [3.05, 3.63) is 96.1 Å². The fourth-order valence-corrected chi connectivity index (χ4v) is 4.16. The van der Waals surface area contributed by atoms with Crippen molar-refractivity contribution in [1.82, 2.24) is 0 Å². The van der Waals surface area contributed by atoms with Crippen LogP contribution in [0.25, 0.3) is 0 Å². The van der Waals surface area contributed by atoms with Crippen LogP contribution in [0.1, 0.15) is 60.3 Å². The molecule has 3 rings (SSSR count). The van der Waals surface area contributed by atoms with Crippen molar-refractivity contribution in [2.24, 2.45) is 5.92 Å². The molecule has 0 amide bonds. The van der Waals surface area contributed by atoms with Gasteiger partial charge in [0.2, 0.25) is 0 Å². The average molecular weight is 411 g/mol. The first-order chi connectivity index (χ1) is 14.5. The maximum absolute atomic E-state index is 14.5. The molecular formula is C27H32F2O. The van der Waals surface area contributed by atoms with Crippen LogP contribution in [0.2, 0.25) is 0 Å². The summed E-state index contributed by atoms with van der Waals surface area (Å²) in [5.41, 5.74) is 3.29. The van der Waals surface area contributed by atoms with Crippen molar-refractivity contribution in [2.45, 2.75) is 57.0 Å². The molecule has 0 unspecified atom stereocenters. The van der Waals surface area contributed by atoms with Crippen LogP contribution in [-0.2, 0) is 23.7 Å². The molecule has 0 aromatic heterocycles. The summed E-state index contributed by atoms with van der Waals surface area (Å²) in [6, 6.07) is 14.8. The Morgan fingerprint density at radius 1 is 0.867 bits per heavy atom. The maximum atomic E-state index is 14.5. The van der Waals surface area contributed by atoms with Crippen molar-refractivity contribution < 1.29 is 13.5 Å². The molecular weight excluding hydrogens is 378 g/mol. The zero-order chi connectivity index (χ0) is 21.4. The third kappa shape index (κ3) is 6.12. The summed E-state index contributed by atoms with van der Waals surface area (Å²) in [4.78, 5) is 0. The number of hydrogen-bond acceptors (Lipinski definition) is 1. The molecule has 0 radical (unpaired) electrons.